The lowest BCUT2D eigenvalue weighted by molar-refractivity contribution is -0.139. The Balaban J connectivity index is 1.59. The largest absolute Gasteiger partial charge is 0.382 e. The molecule has 1 aliphatic heterocycles. The maximum absolute atomic E-state index is 12.5. The monoisotopic (exact) mass is 346 g/mol. The van der Waals surface area contributed by atoms with Gasteiger partial charge in [0, 0.05) is 30.4 Å². The zero-order valence-corrected chi connectivity index (χ0v) is 13.9. The molecular weight excluding hydrogens is 328 g/mol. The normalized spacial score (nSPS) is 17.7. The van der Waals surface area contributed by atoms with Crippen molar-refractivity contribution in [3.05, 3.63) is 52.9 Å². The predicted molar refractivity (Wildman–Crippen MR) is 91.5 cm³/mol. The summed E-state index contributed by atoms with van der Waals surface area (Å²) in [7, 11) is 0. The molecule has 1 aliphatic rings. The lowest BCUT2D eigenvalue weighted by Crippen LogP contribution is -2.42. The van der Waals surface area contributed by atoms with E-state index in [9.17, 15) is 4.79 Å². The van der Waals surface area contributed by atoms with Gasteiger partial charge in [0.2, 0.25) is 5.91 Å². The number of benzene rings is 1. The summed E-state index contributed by atoms with van der Waals surface area (Å²) in [5.74, 6) is 0.443. The SMILES string of the molecule is Nc1nccnc1[C@H]1CN(C(=O)CCc2ccc(Cl)cc2)CCO1. The molecule has 0 bridgehead atoms. The molecule has 0 unspecified atom stereocenters. The van der Waals surface area contributed by atoms with Crippen LogP contribution in [0.4, 0.5) is 5.82 Å². The van der Waals surface area contributed by atoms with E-state index >= 15 is 0 Å². The molecule has 3 rings (SSSR count). The van der Waals surface area contributed by atoms with Crippen LogP contribution in [0.25, 0.3) is 0 Å². The zero-order chi connectivity index (χ0) is 16.9. The third-order valence-corrected chi connectivity index (χ3v) is 4.27. The Kier molecular flexibility index (Phi) is 5.27. The van der Waals surface area contributed by atoms with Gasteiger partial charge in [-0.25, -0.2) is 4.98 Å². The van der Waals surface area contributed by atoms with Crippen LogP contribution in [0.1, 0.15) is 23.8 Å². The molecule has 6 nitrogen and oxygen atoms in total. The number of morpholine rings is 1. The number of aromatic nitrogens is 2. The van der Waals surface area contributed by atoms with Crippen molar-refractivity contribution in [3.63, 3.8) is 0 Å². The number of carbonyl (C=O) groups excluding carboxylic acids is 1. The fourth-order valence-electron chi connectivity index (χ4n) is 2.71. The van der Waals surface area contributed by atoms with E-state index in [0.717, 1.165) is 5.56 Å². The van der Waals surface area contributed by atoms with Crippen LogP contribution in [-0.4, -0.2) is 40.5 Å². The number of nitrogens with zero attached hydrogens (tertiary/aromatic N) is 3. The molecule has 24 heavy (non-hydrogen) atoms. The van der Waals surface area contributed by atoms with E-state index in [4.69, 9.17) is 22.1 Å². The van der Waals surface area contributed by atoms with Crippen molar-refractivity contribution in [2.45, 2.75) is 18.9 Å². The van der Waals surface area contributed by atoms with Crippen molar-refractivity contribution >= 4 is 23.3 Å². The Hall–Kier alpha value is -2.18. The molecule has 1 saturated heterocycles. The third kappa shape index (κ3) is 4.01. The van der Waals surface area contributed by atoms with E-state index in [2.05, 4.69) is 9.97 Å². The number of amides is 1. The van der Waals surface area contributed by atoms with Crippen LogP contribution < -0.4 is 5.73 Å². The molecule has 126 valence electrons. The Labute approximate surface area is 145 Å². The standard InChI is InChI=1S/C17H19ClN4O2/c18-13-4-1-12(2-5-13)3-6-15(23)22-9-10-24-14(11-22)16-17(19)21-8-7-20-16/h1-2,4-5,7-8,14H,3,6,9-11H2,(H2,19,21)/t14-/m1/s1. The molecule has 7 heteroatoms. The van der Waals surface area contributed by atoms with Crippen molar-refractivity contribution in [3.8, 4) is 0 Å². The van der Waals surface area contributed by atoms with Crippen LogP contribution in [0.2, 0.25) is 5.02 Å². The van der Waals surface area contributed by atoms with Gasteiger partial charge < -0.3 is 15.4 Å². The van der Waals surface area contributed by atoms with Gasteiger partial charge in [0.15, 0.2) is 0 Å². The van der Waals surface area contributed by atoms with Gasteiger partial charge in [0.25, 0.3) is 0 Å². The molecule has 0 saturated carbocycles. The molecule has 0 aliphatic carbocycles. The number of aryl methyl sites for hydroxylation is 1. The van der Waals surface area contributed by atoms with Crippen LogP contribution >= 0.6 is 11.6 Å². The van der Waals surface area contributed by atoms with Crippen molar-refractivity contribution < 1.29 is 9.53 Å². The van der Waals surface area contributed by atoms with E-state index < -0.39 is 0 Å². The number of anilines is 1. The predicted octanol–water partition coefficient (Wildman–Crippen LogP) is 2.24. The maximum Gasteiger partial charge on any atom is 0.223 e. The van der Waals surface area contributed by atoms with Gasteiger partial charge >= 0.3 is 0 Å². The Morgan fingerprint density at radius 1 is 1.29 bits per heavy atom. The topological polar surface area (TPSA) is 81.3 Å². The highest BCUT2D eigenvalue weighted by atomic mass is 35.5. The summed E-state index contributed by atoms with van der Waals surface area (Å²) in [5, 5.41) is 0.697. The molecule has 0 spiro atoms. The summed E-state index contributed by atoms with van der Waals surface area (Å²) in [6.07, 6.45) is 3.93. The average molecular weight is 347 g/mol. The molecule has 1 aromatic heterocycles. The highest BCUT2D eigenvalue weighted by Crippen LogP contribution is 2.24. The second-order valence-corrected chi connectivity index (χ2v) is 6.09. The van der Waals surface area contributed by atoms with Gasteiger partial charge in [-0.1, -0.05) is 23.7 Å². The van der Waals surface area contributed by atoms with E-state index in [1.54, 1.807) is 11.1 Å². The number of rotatable bonds is 4. The number of nitrogens with two attached hydrogens (primary N) is 1. The smallest absolute Gasteiger partial charge is 0.223 e. The first-order valence-electron chi connectivity index (χ1n) is 7.83. The second kappa shape index (κ2) is 7.59. The minimum atomic E-state index is -0.327. The molecule has 1 fully saturated rings. The minimum absolute atomic E-state index is 0.0979. The summed E-state index contributed by atoms with van der Waals surface area (Å²) >= 11 is 5.87. The van der Waals surface area contributed by atoms with Crippen LogP contribution in [0.3, 0.4) is 0 Å². The van der Waals surface area contributed by atoms with Gasteiger partial charge in [-0.05, 0) is 24.1 Å². The number of hydrogen-bond donors (Lipinski definition) is 1. The highest BCUT2D eigenvalue weighted by Gasteiger charge is 2.27. The first-order chi connectivity index (χ1) is 11.6. The molecule has 2 aromatic rings. The van der Waals surface area contributed by atoms with Crippen LogP contribution in [-0.2, 0) is 16.0 Å². The van der Waals surface area contributed by atoms with Crippen molar-refractivity contribution in [1.82, 2.24) is 14.9 Å². The highest BCUT2D eigenvalue weighted by molar-refractivity contribution is 6.30. The molecular formula is C17H19ClN4O2. The number of halogens is 1. The first kappa shape index (κ1) is 16.7. The quantitative estimate of drug-likeness (QED) is 0.918. The molecule has 2 N–H and O–H groups in total. The van der Waals surface area contributed by atoms with Crippen LogP contribution in [0, 0.1) is 0 Å². The van der Waals surface area contributed by atoms with Gasteiger partial charge in [0.05, 0.1) is 13.2 Å². The van der Waals surface area contributed by atoms with Crippen LogP contribution in [0.15, 0.2) is 36.7 Å². The zero-order valence-electron chi connectivity index (χ0n) is 13.2. The van der Waals surface area contributed by atoms with Gasteiger partial charge in [-0.2, -0.15) is 0 Å². The summed E-state index contributed by atoms with van der Waals surface area (Å²) in [4.78, 5) is 22.5. The number of ether oxygens (including phenoxy) is 1. The van der Waals surface area contributed by atoms with E-state index in [1.165, 1.54) is 6.20 Å². The van der Waals surface area contributed by atoms with E-state index in [1.807, 2.05) is 24.3 Å². The third-order valence-electron chi connectivity index (χ3n) is 4.02. The van der Waals surface area contributed by atoms with E-state index in [-0.39, 0.29) is 12.0 Å². The van der Waals surface area contributed by atoms with Crippen molar-refractivity contribution in [2.75, 3.05) is 25.4 Å². The Morgan fingerprint density at radius 3 is 2.79 bits per heavy atom. The lowest BCUT2D eigenvalue weighted by Gasteiger charge is -2.33. The summed E-state index contributed by atoms with van der Waals surface area (Å²) < 4.78 is 5.71. The number of nitrogen functional groups attached to an aromatic ring is 1. The fraction of sp³-hybridized carbons (Fsp3) is 0.353. The van der Waals surface area contributed by atoms with E-state index in [0.29, 0.717) is 49.1 Å². The van der Waals surface area contributed by atoms with Crippen molar-refractivity contribution in [2.24, 2.45) is 0 Å². The summed E-state index contributed by atoms with van der Waals surface area (Å²) in [5.41, 5.74) is 7.54. The Morgan fingerprint density at radius 2 is 2.04 bits per heavy atom. The minimum Gasteiger partial charge on any atom is -0.382 e. The molecule has 1 amide bonds. The molecule has 1 atom stereocenters. The lowest BCUT2D eigenvalue weighted by atomic mass is 10.1. The molecule has 0 radical (unpaired) electrons. The number of carbonyl (C=O) groups is 1. The van der Waals surface area contributed by atoms with Gasteiger partial charge in [-0.15, -0.1) is 0 Å². The van der Waals surface area contributed by atoms with Crippen LogP contribution in [0.5, 0.6) is 0 Å². The van der Waals surface area contributed by atoms with Gasteiger partial charge in [-0.3, -0.25) is 9.78 Å². The molecule has 2 heterocycles. The number of hydrogen-bond acceptors (Lipinski definition) is 5. The Bertz CT molecular complexity index is 708. The second-order valence-electron chi connectivity index (χ2n) is 5.65. The maximum atomic E-state index is 12.5. The summed E-state index contributed by atoms with van der Waals surface area (Å²) in [6.45, 7) is 1.49. The van der Waals surface area contributed by atoms with Crippen molar-refractivity contribution in [1.29, 1.82) is 0 Å². The summed E-state index contributed by atoms with van der Waals surface area (Å²) in [6, 6.07) is 7.56. The molecule has 1 aromatic carbocycles. The van der Waals surface area contributed by atoms with Gasteiger partial charge in [0.1, 0.15) is 17.6 Å². The fourth-order valence-corrected chi connectivity index (χ4v) is 2.84. The average Bonchev–Trinajstić information content (AvgIpc) is 2.61. The first-order valence-corrected chi connectivity index (χ1v) is 8.21.